The second-order valence-electron chi connectivity index (χ2n) is 4.84. The molecule has 0 aromatic heterocycles. The van der Waals surface area contributed by atoms with E-state index in [0.29, 0.717) is 28.9 Å². The quantitative estimate of drug-likeness (QED) is 0.748. The van der Waals surface area contributed by atoms with Crippen LogP contribution in [0.5, 0.6) is 11.5 Å². The maximum Gasteiger partial charge on any atom is 0.172 e. The smallest absolute Gasteiger partial charge is 0.172 e. The van der Waals surface area contributed by atoms with Crippen LogP contribution < -0.4 is 10.1 Å². The Hall–Kier alpha value is -2.01. The first kappa shape index (κ1) is 16.4. The number of Topliss-reactive ketones (excluding diaryl/α,β-unsaturated/α-hetero) is 1. The Bertz CT molecular complexity index is 668. The molecule has 0 saturated heterocycles. The number of rotatable bonds is 6. The molecular weight excluding hydrogens is 346 g/mol. The first-order valence-electron chi connectivity index (χ1n) is 7.00. The number of anilines is 1. The van der Waals surface area contributed by atoms with Crippen molar-refractivity contribution in [1.82, 2.24) is 0 Å². The van der Waals surface area contributed by atoms with Crippen LogP contribution in [0.3, 0.4) is 0 Å². The van der Waals surface area contributed by atoms with E-state index >= 15 is 0 Å². The SMILES string of the molecule is CCOc1cc(CNc2ccc(C(C)=O)cc2)cc(Br)c1O. The predicted octanol–water partition coefficient (Wildman–Crippen LogP) is 4.37. The van der Waals surface area contributed by atoms with Gasteiger partial charge in [0.2, 0.25) is 0 Å². The highest BCUT2D eigenvalue weighted by atomic mass is 79.9. The summed E-state index contributed by atoms with van der Waals surface area (Å²) >= 11 is 3.32. The summed E-state index contributed by atoms with van der Waals surface area (Å²) in [5.41, 5.74) is 2.59. The zero-order valence-corrected chi connectivity index (χ0v) is 14.1. The van der Waals surface area contributed by atoms with Crippen LogP contribution in [0, 0.1) is 0 Å². The van der Waals surface area contributed by atoms with Crippen molar-refractivity contribution in [2.24, 2.45) is 0 Å². The summed E-state index contributed by atoms with van der Waals surface area (Å²) in [7, 11) is 0. The molecule has 0 atom stereocenters. The maximum absolute atomic E-state index is 11.2. The predicted molar refractivity (Wildman–Crippen MR) is 90.7 cm³/mol. The van der Waals surface area contributed by atoms with Crippen LogP contribution >= 0.6 is 15.9 Å². The van der Waals surface area contributed by atoms with Gasteiger partial charge in [0.15, 0.2) is 17.3 Å². The van der Waals surface area contributed by atoms with E-state index in [1.807, 2.05) is 25.1 Å². The first-order chi connectivity index (χ1) is 10.5. The molecule has 116 valence electrons. The fourth-order valence-corrected chi connectivity index (χ4v) is 2.51. The molecule has 0 fully saturated rings. The fraction of sp³-hybridized carbons (Fsp3) is 0.235. The number of benzene rings is 2. The van der Waals surface area contributed by atoms with E-state index in [-0.39, 0.29) is 11.5 Å². The van der Waals surface area contributed by atoms with Gasteiger partial charge in [0.05, 0.1) is 11.1 Å². The number of phenolic OH excluding ortho intramolecular Hbond substituents is 1. The zero-order valence-electron chi connectivity index (χ0n) is 12.5. The topological polar surface area (TPSA) is 58.6 Å². The van der Waals surface area contributed by atoms with Crippen LogP contribution in [0.2, 0.25) is 0 Å². The Morgan fingerprint density at radius 3 is 2.55 bits per heavy atom. The normalized spacial score (nSPS) is 10.3. The number of carbonyl (C=O) groups excluding carboxylic acids is 1. The highest BCUT2D eigenvalue weighted by Crippen LogP contribution is 2.35. The molecule has 4 nitrogen and oxygen atoms in total. The summed E-state index contributed by atoms with van der Waals surface area (Å²) in [4.78, 5) is 11.2. The minimum absolute atomic E-state index is 0.0513. The van der Waals surface area contributed by atoms with Crippen LogP contribution in [0.25, 0.3) is 0 Å². The van der Waals surface area contributed by atoms with Crippen molar-refractivity contribution in [1.29, 1.82) is 0 Å². The number of hydrogen-bond acceptors (Lipinski definition) is 4. The molecule has 0 aliphatic carbocycles. The van der Waals surface area contributed by atoms with E-state index in [1.165, 1.54) is 0 Å². The van der Waals surface area contributed by atoms with Gasteiger partial charge in [-0.15, -0.1) is 0 Å². The first-order valence-corrected chi connectivity index (χ1v) is 7.79. The highest BCUT2D eigenvalue weighted by molar-refractivity contribution is 9.10. The van der Waals surface area contributed by atoms with Gasteiger partial charge in [-0.1, -0.05) is 0 Å². The molecule has 0 aliphatic heterocycles. The summed E-state index contributed by atoms with van der Waals surface area (Å²) in [6.07, 6.45) is 0. The van der Waals surface area contributed by atoms with Gasteiger partial charge in [-0.3, -0.25) is 4.79 Å². The monoisotopic (exact) mass is 363 g/mol. The molecule has 5 heteroatoms. The number of ether oxygens (including phenoxy) is 1. The molecule has 2 rings (SSSR count). The highest BCUT2D eigenvalue weighted by Gasteiger charge is 2.09. The minimum atomic E-state index is 0.0513. The van der Waals surface area contributed by atoms with E-state index in [9.17, 15) is 9.90 Å². The lowest BCUT2D eigenvalue weighted by Crippen LogP contribution is -2.01. The molecule has 2 N–H and O–H groups in total. The molecular formula is C17H18BrNO3. The van der Waals surface area contributed by atoms with Gasteiger partial charge >= 0.3 is 0 Å². The molecule has 0 radical (unpaired) electrons. The number of ketones is 1. The van der Waals surface area contributed by atoms with Gasteiger partial charge in [-0.25, -0.2) is 0 Å². The lowest BCUT2D eigenvalue weighted by atomic mass is 10.1. The Kier molecular flexibility index (Phi) is 5.44. The second-order valence-corrected chi connectivity index (χ2v) is 5.70. The third-order valence-corrected chi connectivity index (χ3v) is 3.78. The van der Waals surface area contributed by atoms with Crippen molar-refractivity contribution in [3.63, 3.8) is 0 Å². The zero-order chi connectivity index (χ0) is 16.1. The Morgan fingerprint density at radius 1 is 1.27 bits per heavy atom. The summed E-state index contributed by atoms with van der Waals surface area (Å²) < 4.78 is 6.01. The fourth-order valence-electron chi connectivity index (χ4n) is 2.02. The summed E-state index contributed by atoms with van der Waals surface area (Å²) in [5.74, 6) is 0.618. The largest absolute Gasteiger partial charge is 0.503 e. The maximum atomic E-state index is 11.2. The summed E-state index contributed by atoms with van der Waals surface area (Å²) in [5, 5.41) is 13.2. The van der Waals surface area contributed by atoms with E-state index < -0.39 is 0 Å². The molecule has 0 aliphatic rings. The average molecular weight is 364 g/mol. The third kappa shape index (κ3) is 4.01. The molecule has 0 unspecified atom stereocenters. The molecule has 0 amide bonds. The van der Waals surface area contributed by atoms with E-state index in [0.717, 1.165) is 11.3 Å². The summed E-state index contributed by atoms with van der Waals surface area (Å²) in [6.45, 7) is 4.49. The molecule has 0 bridgehead atoms. The summed E-state index contributed by atoms with van der Waals surface area (Å²) in [6, 6.07) is 11.0. The molecule has 0 heterocycles. The number of phenols is 1. The van der Waals surface area contributed by atoms with Crippen molar-refractivity contribution >= 4 is 27.4 Å². The molecule has 0 saturated carbocycles. The number of halogens is 1. The Balaban J connectivity index is 2.09. The Labute approximate surface area is 138 Å². The van der Waals surface area contributed by atoms with Gasteiger partial charge in [0, 0.05) is 17.8 Å². The van der Waals surface area contributed by atoms with Crippen LogP contribution in [0.15, 0.2) is 40.9 Å². The van der Waals surface area contributed by atoms with Crippen molar-refractivity contribution in [2.45, 2.75) is 20.4 Å². The van der Waals surface area contributed by atoms with Gasteiger partial charge < -0.3 is 15.2 Å². The van der Waals surface area contributed by atoms with Gasteiger partial charge in [-0.05, 0) is 71.7 Å². The number of nitrogens with one attached hydrogen (secondary N) is 1. The lowest BCUT2D eigenvalue weighted by molar-refractivity contribution is 0.101. The lowest BCUT2D eigenvalue weighted by Gasteiger charge is -2.12. The van der Waals surface area contributed by atoms with Crippen molar-refractivity contribution < 1.29 is 14.6 Å². The minimum Gasteiger partial charge on any atom is -0.503 e. The number of aromatic hydroxyl groups is 1. The van der Waals surface area contributed by atoms with E-state index in [1.54, 1.807) is 25.1 Å². The van der Waals surface area contributed by atoms with Crippen LogP contribution in [-0.4, -0.2) is 17.5 Å². The van der Waals surface area contributed by atoms with Crippen molar-refractivity contribution in [2.75, 3.05) is 11.9 Å². The van der Waals surface area contributed by atoms with Gasteiger partial charge in [0.25, 0.3) is 0 Å². The molecule has 0 spiro atoms. The van der Waals surface area contributed by atoms with Gasteiger partial charge in [0.1, 0.15) is 0 Å². The standard InChI is InChI=1S/C17H18BrNO3/c1-3-22-16-9-12(8-15(18)17(16)21)10-19-14-6-4-13(5-7-14)11(2)20/h4-9,19,21H,3,10H2,1-2H3. The van der Waals surface area contributed by atoms with Gasteiger partial charge in [-0.2, -0.15) is 0 Å². The Morgan fingerprint density at radius 2 is 1.95 bits per heavy atom. The van der Waals surface area contributed by atoms with E-state index in [4.69, 9.17) is 4.74 Å². The number of carbonyl (C=O) groups is 1. The van der Waals surface area contributed by atoms with Crippen molar-refractivity contribution in [3.8, 4) is 11.5 Å². The number of hydrogen-bond donors (Lipinski definition) is 2. The van der Waals surface area contributed by atoms with Crippen LogP contribution in [0.4, 0.5) is 5.69 Å². The molecule has 2 aromatic carbocycles. The van der Waals surface area contributed by atoms with E-state index in [2.05, 4.69) is 21.2 Å². The van der Waals surface area contributed by atoms with Crippen LogP contribution in [-0.2, 0) is 6.54 Å². The molecule has 22 heavy (non-hydrogen) atoms. The molecule has 2 aromatic rings. The third-order valence-electron chi connectivity index (χ3n) is 3.18. The second kappa shape index (κ2) is 7.31. The van der Waals surface area contributed by atoms with Crippen LogP contribution in [0.1, 0.15) is 29.8 Å². The average Bonchev–Trinajstić information content (AvgIpc) is 2.50. The van der Waals surface area contributed by atoms with Crippen molar-refractivity contribution in [3.05, 3.63) is 52.0 Å².